The number of halogens is 2. The fourth-order valence-electron chi connectivity index (χ4n) is 1.36. The number of alkyl halides is 2. The molecule has 0 radical (unpaired) electrons. The Morgan fingerprint density at radius 2 is 1.82 bits per heavy atom. The van der Waals surface area contributed by atoms with Crippen molar-refractivity contribution >= 4 is 0 Å². The summed E-state index contributed by atoms with van der Waals surface area (Å²) in [5.74, 6) is 1.22. The van der Waals surface area contributed by atoms with Crippen LogP contribution in [0.15, 0.2) is 18.2 Å². The quantitative estimate of drug-likeness (QED) is 0.835. The van der Waals surface area contributed by atoms with Gasteiger partial charge in [-0.2, -0.15) is 0 Å². The summed E-state index contributed by atoms with van der Waals surface area (Å²) in [7, 11) is 3.09. The van der Waals surface area contributed by atoms with E-state index < -0.39 is 12.5 Å². The highest BCUT2D eigenvalue weighted by molar-refractivity contribution is 5.42. The molecule has 1 rings (SSSR count). The average Bonchev–Trinajstić information content (AvgIpc) is 2.35. The van der Waals surface area contributed by atoms with Gasteiger partial charge in [-0.05, 0) is 24.6 Å². The van der Waals surface area contributed by atoms with Crippen LogP contribution in [0, 0.1) is 0 Å². The number of hydrogen-bond acceptors (Lipinski definition) is 3. The number of methoxy groups -OCH3 is 2. The molecule has 0 saturated heterocycles. The zero-order valence-corrected chi connectivity index (χ0v) is 10.2. The third-order valence-corrected chi connectivity index (χ3v) is 2.45. The normalized spacial score (nSPS) is 12.6. The molecule has 0 aliphatic carbocycles. The first-order chi connectivity index (χ1) is 8.08. The van der Waals surface area contributed by atoms with E-state index in [0.717, 1.165) is 5.56 Å². The van der Waals surface area contributed by atoms with Crippen LogP contribution in [0.5, 0.6) is 11.5 Å². The molecule has 0 saturated carbocycles. The van der Waals surface area contributed by atoms with E-state index in [2.05, 4.69) is 5.32 Å². The first-order valence-electron chi connectivity index (χ1n) is 5.31. The van der Waals surface area contributed by atoms with Gasteiger partial charge in [0.1, 0.15) is 0 Å². The molecule has 0 spiro atoms. The predicted molar refractivity (Wildman–Crippen MR) is 61.9 cm³/mol. The summed E-state index contributed by atoms with van der Waals surface area (Å²) in [6, 6.07) is 4.50. The van der Waals surface area contributed by atoms with E-state index in [1.54, 1.807) is 19.2 Å². The zero-order chi connectivity index (χ0) is 12.8. The van der Waals surface area contributed by atoms with E-state index in [4.69, 9.17) is 9.47 Å². The van der Waals surface area contributed by atoms with Gasteiger partial charge in [0.15, 0.2) is 11.5 Å². The summed E-state index contributed by atoms with van der Waals surface area (Å²) in [4.78, 5) is 0. The lowest BCUT2D eigenvalue weighted by atomic mass is 10.2. The Labute approximate surface area is 99.7 Å². The molecule has 0 fully saturated rings. The number of ether oxygens (including phenoxy) is 2. The summed E-state index contributed by atoms with van der Waals surface area (Å²) < 4.78 is 34.8. The highest BCUT2D eigenvalue weighted by Gasteiger charge is 2.13. The van der Waals surface area contributed by atoms with E-state index in [-0.39, 0.29) is 0 Å². The SMILES string of the molecule is COc1ccc(CNC(C)C(F)F)cc1OC. The molecule has 1 atom stereocenters. The van der Waals surface area contributed by atoms with Crippen LogP contribution in [0.2, 0.25) is 0 Å². The average molecular weight is 245 g/mol. The number of benzene rings is 1. The van der Waals surface area contributed by atoms with Crippen LogP contribution >= 0.6 is 0 Å². The minimum atomic E-state index is -2.37. The molecule has 0 aliphatic rings. The Hall–Kier alpha value is -1.36. The molecule has 1 aromatic rings. The fourth-order valence-corrected chi connectivity index (χ4v) is 1.36. The highest BCUT2D eigenvalue weighted by atomic mass is 19.3. The molecule has 1 aromatic carbocycles. The van der Waals surface area contributed by atoms with Crippen molar-refractivity contribution in [3.05, 3.63) is 23.8 Å². The van der Waals surface area contributed by atoms with Gasteiger partial charge >= 0.3 is 0 Å². The van der Waals surface area contributed by atoms with Crippen LogP contribution in [0.3, 0.4) is 0 Å². The van der Waals surface area contributed by atoms with Crippen LogP contribution in [0.4, 0.5) is 8.78 Å². The highest BCUT2D eigenvalue weighted by Crippen LogP contribution is 2.27. The zero-order valence-electron chi connectivity index (χ0n) is 10.2. The second kappa shape index (κ2) is 6.39. The van der Waals surface area contributed by atoms with Crippen molar-refractivity contribution in [3.8, 4) is 11.5 Å². The van der Waals surface area contributed by atoms with Crippen LogP contribution in [0.25, 0.3) is 0 Å². The molecule has 0 amide bonds. The Kier molecular flexibility index (Phi) is 5.15. The molecule has 5 heteroatoms. The maximum Gasteiger partial charge on any atom is 0.253 e. The van der Waals surface area contributed by atoms with Gasteiger partial charge in [-0.15, -0.1) is 0 Å². The van der Waals surface area contributed by atoms with Gasteiger partial charge in [0.2, 0.25) is 0 Å². The summed E-state index contributed by atoms with van der Waals surface area (Å²) in [5.41, 5.74) is 0.871. The molecule has 3 nitrogen and oxygen atoms in total. The van der Waals surface area contributed by atoms with Crippen molar-refractivity contribution in [3.63, 3.8) is 0 Å². The monoisotopic (exact) mass is 245 g/mol. The van der Waals surface area contributed by atoms with Crippen molar-refractivity contribution in [2.24, 2.45) is 0 Å². The topological polar surface area (TPSA) is 30.5 Å². The minimum Gasteiger partial charge on any atom is -0.493 e. The summed E-state index contributed by atoms with van der Waals surface area (Å²) in [6.07, 6.45) is -2.37. The van der Waals surface area contributed by atoms with Gasteiger partial charge in [0.25, 0.3) is 6.43 Å². The summed E-state index contributed by atoms with van der Waals surface area (Å²) in [5, 5.41) is 2.74. The second-order valence-electron chi connectivity index (χ2n) is 3.69. The lowest BCUT2D eigenvalue weighted by Gasteiger charge is -2.14. The number of hydrogen-bond donors (Lipinski definition) is 1. The van der Waals surface area contributed by atoms with Crippen LogP contribution in [-0.4, -0.2) is 26.7 Å². The summed E-state index contributed by atoms with van der Waals surface area (Å²) in [6.45, 7) is 1.82. The number of rotatable bonds is 6. The van der Waals surface area contributed by atoms with Crippen LogP contribution in [0.1, 0.15) is 12.5 Å². The fraction of sp³-hybridized carbons (Fsp3) is 0.500. The molecule has 17 heavy (non-hydrogen) atoms. The molecule has 1 N–H and O–H groups in total. The van der Waals surface area contributed by atoms with E-state index in [0.29, 0.717) is 18.0 Å². The van der Waals surface area contributed by atoms with Gasteiger partial charge in [-0.25, -0.2) is 8.78 Å². The van der Waals surface area contributed by atoms with Crippen molar-refractivity contribution < 1.29 is 18.3 Å². The Morgan fingerprint density at radius 3 is 2.35 bits per heavy atom. The third-order valence-electron chi connectivity index (χ3n) is 2.45. The van der Waals surface area contributed by atoms with Crippen molar-refractivity contribution in [1.82, 2.24) is 5.32 Å². The Balaban J connectivity index is 2.66. The van der Waals surface area contributed by atoms with Gasteiger partial charge in [0, 0.05) is 6.54 Å². The lowest BCUT2D eigenvalue weighted by Crippen LogP contribution is -2.31. The first-order valence-corrected chi connectivity index (χ1v) is 5.31. The van der Waals surface area contributed by atoms with Crippen LogP contribution in [-0.2, 0) is 6.54 Å². The Morgan fingerprint density at radius 1 is 1.18 bits per heavy atom. The van der Waals surface area contributed by atoms with Crippen molar-refractivity contribution in [2.75, 3.05) is 14.2 Å². The minimum absolute atomic E-state index is 0.367. The standard InChI is InChI=1S/C12H17F2NO2/c1-8(12(13)14)15-7-9-4-5-10(16-2)11(6-9)17-3/h4-6,8,12,15H,7H2,1-3H3. The predicted octanol–water partition coefficient (Wildman–Crippen LogP) is 2.45. The molecule has 0 aliphatic heterocycles. The first kappa shape index (κ1) is 13.7. The van der Waals surface area contributed by atoms with Crippen molar-refractivity contribution in [1.29, 1.82) is 0 Å². The molecule has 0 heterocycles. The van der Waals surface area contributed by atoms with E-state index in [1.165, 1.54) is 14.0 Å². The van der Waals surface area contributed by atoms with Crippen molar-refractivity contribution in [2.45, 2.75) is 25.9 Å². The van der Waals surface area contributed by atoms with Gasteiger partial charge in [-0.3, -0.25) is 0 Å². The van der Waals surface area contributed by atoms with Gasteiger partial charge in [0.05, 0.1) is 20.3 Å². The van der Waals surface area contributed by atoms with Gasteiger partial charge < -0.3 is 14.8 Å². The second-order valence-corrected chi connectivity index (χ2v) is 3.69. The van der Waals surface area contributed by atoms with Crippen LogP contribution < -0.4 is 14.8 Å². The van der Waals surface area contributed by atoms with Gasteiger partial charge in [-0.1, -0.05) is 6.07 Å². The molecular weight excluding hydrogens is 228 g/mol. The molecule has 0 aromatic heterocycles. The largest absolute Gasteiger partial charge is 0.493 e. The maximum atomic E-state index is 12.3. The molecule has 1 unspecified atom stereocenters. The van der Waals surface area contributed by atoms with E-state index in [1.807, 2.05) is 6.07 Å². The van der Waals surface area contributed by atoms with E-state index in [9.17, 15) is 8.78 Å². The molecule has 0 bridgehead atoms. The number of nitrogens with one attached hydrogen (secondary N) is 1. The molecular formula is C12H17F2NO2. The molecule has 96 valence electrons. The summed E-state index contributed by atoms with van der Waals surface area (Å²) >= 11 is 0. The third kappa shape index (κ3) is 3.85. The lowest BCUT2D eigenvalue weighted by molar-refractivity contribution is 0.105. The van der Waals surface area contributed by atoms with E-state index >= 15 is 0 Å². The Bertz CT molecular complexity index is 358. The maximum absolute atomic E-state index is 12.3. The smallest absolute Gasteiger partial charge is 0.253 e.